The fraction of sp³-hybridized carbons (Fsp3) is 0.381. The van der Waals surface area contributed by atoms with Gasteiger partial charge in [-0.3, -0.25) is 4.79 Å². The Morgan fingerprint density at radius 3 is 2.44 bits per heavy atom. The van der Waals surface area contributed by atoms with Crippen LogP contribution in [-0.4, -0.2) is 23.6 Å². The van der Waals surface area contributed by atoms with Crippen molar-refractivity contribution in [3.8, 4) is 0 Å². The topological polar surface area (TPSA) is 61.4 Å². The first kappa shape index (κ1) is 19.2. The SMILES string of the molecule is Cc1ccc(C(O)CNC(C)CC(=O)Nc2cccc(C)c2C)cc1. The Balaban J connectivity index is 1.81. The summed E-state index contributed by atoms with van der Waals surface area (Å²) in [6.07, 6.45) is -0.223. The van der Waals surface area contributed by atoms with Crippen molar-refractivity contribution >= 4 is 11.6 Å². The van der Waals surface area contributed by atoms with Gasteiger partial charge in [0, 0.05) is 24.7 Å². The Labute approximate surface area is 150 Å². The highest BCUT2D eigenvalue weighted by atomic mass is 16.3. The molecule has 2 aromatic rings. The third-order valence-electron chi connectivity index (χ3n) is 4.49. The van der Waals surface area contributed by atoms with Crippen LogP contribution in [0.1, 0.15) is 41.7 Å². The molecule has 2 rings (SSSR count). The van der Waals surface area contributed by atoms with Gasteiger partial charge >= 0.3 is 0 Å². The number of amides is 1. The minimum absolute atomic E-state index is 0.0230. The Morgan fingerprint density at radius 2 is 1.76 bits per heavy atom. The van der Waals surface area contributed by atoms with Gasteiger partial charge in [-0.05, 0) is 50.5 Å². The van der Waals surface area contributed by atoms with E-state index in [1.54, 1.807) is 0 Å². The lowest BCUT2D eigenvalue weighted by atomic mass is 10.1. The van der Waals surface area contributed by atoms with Crippen LogP contribution in [-0.2, 0) is 4.79 Å². The first-order valence-electron chi connectivity index (χ1n) is 8.71. The van der Waals surface area contributed by atoms with Gasteiger partial charge in [0.25, 0.3) is 0 Å². The number of rotatable bonds is 7. The zero-order chi connectivity index (χ0) is 18.4. The van der Waals surface area contributed by atoms with Crippen LogP contribution in [0.5, 0.6) is 0 Å². The van der Waals surface area contributed by atoms with Gasteiger partial charge in [0.1, 0.15) is 0 Å². The first-order valence-corrected chi connectivity index (χ1v) is 8.71. The predicted octanol–water partition coefficient (Wildman–Crippen LogP) is 3.65. The third-order valence-corrected chi connectivity index (χ3v) is 4.49. The zero-order valence-electron chi connectivity index (χ0n) is 15.5. The van der Waals surface area contributed by atoms with Gasteiger partial charge in [0.05, 0.1) is 6.10 Å². The number of anilines is 1. The molecule has 0 aliphatic heterocycles. The van der Waals surface area contributed by atoms with Gasteiger partial charge < -0.3 is 15.7 Å². The number of nitrogens with one attached hydrogen (secondary N) is 2. The van der Waals surface area contributed by atoms with Gasteiger partial charge in [0.15, 0.2) is 0 Å². The molecule has 0 saturated heterocycles. The maximum absolute atomic E-state index is 12.2. The number of carbonyl (C=O) groups excluding carboxylic acids is 1. The molecular weight excluding hydrogens is 312 g/mol. The van der Waals surface area contributed by atoms with Crippen LogP contribution in [0.2, 0.25) is 0 Å². The van der Waals surface area contributed by atoms with Crippen molar-refractivity contribution in [3.63, 3.8) is 0 Å². The Bertz CT molecular complexity index is 710. The zero-order valence-corrected chi connectivity index (χ0v) is 15.5. The van der Waals surface area contributed by atoms with Gasteiger partial charge in [-0.1, -0.05) is 42.0 Å². The molecule has 2 atom stereocenters. The summed E-state index contributed by atoms with van der Waals surface area (Å²) in [6.45, 7) is 8.42. The van der Waals surface area contributed by atoms with E-state index in [9.17, 15) is 9.90 Å². The molecule has 0 radical (unpaired) electrons. The smallest absolute Gasteiger partial charge is 0.225 e. The number of aliphatic hydroxyl groups is 1. The molecule has 1 amide bonds. The van der Waals surface area contributed by atoms with Crippen LogP contribution in [0.4, 0.5) is 5.69 Å². The molecule has 3 N–H and O–H groups in total. The second-order valence-electron chi connectivity index (χ2n) is 6.74. The molecule has 0 saturated carbocycles. The molecule has 0 fully saturated rings. The summed E-state index contributed by atoms with van der Waals surface area (Å²) in [7, 11) is 0. The molecule has 0 aromatic heterocycles. The van der Waals surface area contributed by atoms with Gasteiger partial charge in [-0.2, -0.15) is 0 Å². The van der Waals surface area contributed by atoms with E-state index in [-0.39, 0.29) is 11.9 Å². The molecule has 2 unspecified atom stereocenters. The summed E-state index contributed by atoms with van der Waals surface area (Å²) in [5, 5.41) is 16.4. The van der Waals surface area contributed by atoms with E-state index in [0.29, 0.717) is 13.0 Å². The van der Waals surface area contributed by atoms with Crippen molar-refractivity contribution in [1.29, 1.82) is 0 Å². The number of aryl methyl sites for hydroxylation is 2. The average molecular weight is 340 g/mol. The Morgan fingerprint density at radius 1 is 1.08 bits per heavy atom. The summed E-state index contributed by atoms with van der Waals surface area (Å²) in [4.78, 5) is 12.2. The van der Waals surface area contributed by atoms with Crippen LogP contribution in [0.25, 0.3) is 0 Å². The monoisotopic (exact) mass is 340 g/mol. The largest absolute Gasteiger partial charge is 0.387 e. The fourth-order valence-corrected chi connectivity index (χ4v) is 2.66. The molecule has 134 valence electrons. The number of hydrogen-bond donors (Lipinski definition) is 3. The van der Waals surface area contributed by atoms with E-state index in [1.165, 1.54) is 5.56 Å². The molecule has 2 aromatic carbocycles. The standard InChI is InChI=1S/C21H28N2O2/c1-14-8-10-18(11-9-14)20(24)13-22-16(3)12-21(25)23-19-7-5-6-15(2)17(19)4/h5-11,16,20,22,24H,12-13H2,1-4H3,(H,23,25). The van der Waals surface area contributed by atoms with Gasteiger partial charge in [-0.25, -0.2) is 0 Å². The Hall–Kier alpha value is -2.17. The Kier molecular flexibility index (Phi) is 6.73. The van der Waals surface area contributed by atoms with Crippen molar-refractivity contribution in [3.05, 3.63) is 64.7 Å². The van der Waals surface area contributed by atoms with Crippen molar-refractivity contribution in [2.45, 2.75) is 46.3 Å². The van der Waals surface area contributed by atoms with Crippen molar-refractivity contribution < 1.29 is 9.90 Å². The highest BCUT2D eigenvalue weighted by molar-refractivity contribution is 5.92. The maximum atomic E-state index is 12.2. The van der Waals surface area contributed by atoms with E-state index in [0.717, 1.165) is 22.4 Å². The van der Waals surface area contributed by atoms with E-state index < -0.39 is 6.10 Å². The van der Waals surface area contributed by atoms with Crippen molar-refractivity contribution in [2.75, 3.05) is 11.9 Å². The normalized spacial score (nSPS) is 13.3. The lowest BCUT2D eigenvalue weighted by Crippen LogP contribution is -2.33. The summed E-state index contributed by atoms with van der Waals surface area (Å²) in [6, 6.07) is 13.7. The maximum Gasteiger partial charge on any atom is 0.225 e. The number of carbonyl (C=O) groups is 1. The molecule has 0 aliphatic rings. The summed E-state index contributed by atoms with van der Waals surface area (Å²) >= 11 is 0. The van der Waals surface area contributed by atoms with Crippen molar-refractivity contribution in [2.24, 2.45) is 0 Å². The highest BCUT2D eigenvalue weighted by Gasteiger charge is 2.13. The van der Waals surface area contributed by atoms with E-state index >= 15 is 0 Å². The number of aliphatic hydroxyl groups excluding tert-OH is 1. The second kappa shape index (κ2) is 8.79. The summed E-state index contributed by atoms with van der Waals surface area (Å²) in [5.74, 6) is -0.0291. The molecule has 0 heterocycles. The van der Waals surface area contributed by atoms with Crippen LogP contribution < -0.4 is 10.6 Å². The molecule has 4 nitrogen and oxygen atoms in total. The number of benzene rings is 2. The van der Waals surface area contributed by atoms with Crippen LogP contribution >= 0.6 is 0 Å². The minimum Gasteiger partial charge on any atom is -0.387 e. The van der Waals surface area contributed by atoms with Crippen LogP contribution in [0, 0.1) is 20.8 Å². The third kappa shape index (κ3) is 5.69. The minimum atomic E-state index is -0.579. The van der Waals surface area contributed by atoms with Crippen LogP contribution in [0.3, 0.4) is 0 Å². The molecule has 25 heavy (non-hydrogen) atoms. The van der Waals surface area contributed by atoms with Crippen LogP contribution in [0.15, 0.2) is 42.5 Å². The molecule has 0 aliphatic carbocycles. The molecule has 0 bridgehead atoms. The fourth-order valence-electron chi connectivity index (χ4n) is 2.66. The average Bonchev–Trinajstić information content (AvgIpc) is 2.57. The summed E-state index contributed by atoms with van der Waals surface area (Å²) < 4.78 is 0. The first-order chi connectivity index (χ1) is 11.9. The van der Waals surface area contributed by atoms with Gasteiger partial charge in [0.2, 0.25) is 5.91 Å². The lowest BCUT2D eigenvalue weighted by molar-refractivity contribution is -0.116. The number of hydrogen-bond acceptors (Lipinski definition) is 3. The van der Waals surface area contributed by atoms with E-state index in [1.807, 2.05) is 70.2 Å². The molecular formula is C21H28N2O2. The lowest BCUT2D eigenvalue weighted by Gasteiger charge is -2.18. The van der Waals surface area contributed by atoms with Gasteiger partial charge in [-0.15, -0.1) is 0 Å². The predicted molar refractivity (Wildman–Crippen MR) is 103 cm³/mol. The van der Waals surface area contributed by atoms with Crippen molar-refractivity contribution in [1.82, 2.24) is 5.32 Å². The highest BCUT2D eigenvalue weighted by Crippen LogP contribution is 2.18. The molecule has 0 spiro atoms. The second-order valence-corrected chi connectivity index (χ2v) is 6.74. The van der Waals surface area contributed by atoms with E-state index in [2.05, 4.69) is 10.6 Å². The molecule has 4 heteroatoms. The summed E-state index contributed by atoms with van der Waals surface area (Å²) in [5.41, 5.74) is 5.15. The quantitative estimate of drug-likeness (QED) is 0.721. The van der Waals surface area contributed by atoms with E-state index in [4.69, 9.17) is 0 Å².